The highest BCUT2D eigenvalue weighted by Gasteiger charge is 2.39. The van der Waals surface area contributed by atoms with E-state index in [1.54, 1.807) is 18.2 Å². The third-order valence-electron chi connectivity index (χ3n) is 5.80. The standard InChI is InChI=1S/C27H36O7/c1-7-14-30-21-15-20-11-9-13-23-22(33-27(4,5)34-23)12-8-10-18(2)19(3)32-26(28)25(20)24(16-21)31-17-29-6/h7-11,15-16,18-19,22-23H,1,12-14,17H2,2-6H3/b10-8-,11-9+/t18-,19+,22-,23+/m1/s1. The number of benzene rings is 1. The number of cyclic esters (lactones) is 1. The van der Waals surface area contributed by atoms with Crippen LogP contribution in [-0.2, 0) is 18.9 Å². The van der Waals surface area contributed by atoms with E-state index in [1.165, 1.54) is 7.11 Å². The molecule has 0 unspecified atom stereocenters. The van der Waals surface area contributed by atoms with E-state index < -0.39 is 11.8 Å². The number of rotatable bonds is 6. The molecule has 0 N–H and O–H groups in total. The average molecular weight is 473 g/mol. The highest BCUT2D eigenvalue weighted by Crippen LogP contribution is 2.35. The summed E-state index contributed by atoms with van der Waals surface area (Å²) in [6.45, 7) is 11.7. The molecule has 1 fully saturated rings. The molecule has 4 atom stereocenters. The van der Waals surface area contributed by atoms with Crippen LogP contribution in [0, 0.1) is 5.92 Å². The van der Waals surface area contributed by atoms with Gasteiger partial charge in [-0.1, -0.05) is 43.9 Å². The van der Waals surface area contributed by atoms with Crippen LogP contribution in [0.1, 0.15) is 56.5 Å². The number of hydrogen-bond acceptors (Lipinski definition) is 7. The molecule has 0 amide bonds. The van der Waals surface area contributed by atoms with Crippen LogP contribution in [0.5, 0.6) is 11.5 Å². The van der Waals surface area contributed by atoms with Crippen LogP contribution >= 0.6 is 0 Å². The number of fused-ring (bicyclic) bond motifs is 2. The van der Waals surface area contributed by atoms with E-state index in [9.17, 15) is 4.79 Å². The maximum atomic E-state index is 13.3. The molecule has 2 aliphatic rings. The fourth-order valence-electron chi connectivity index (χ4n) is 3.99. The van der Waals surface area contributed by atoms with Gasteiger partial charge in [0.1, 0.15) is 29.8 Å². The van der Waals surface area contributed by atoms with Gasteiger partial charge in [0.05, 0.1) is 12.2 Å². The van der Waals surface area contributed by atoms with Crippen molar-refractivity contribution in [1.29, 1.82) is 0 Å². The van der Waals surface area contributed by atoms with E-state index in [0.717, 1.165) is 6.42 Å². The first-order valence-electron chi connectivity index (χ1n) is 11.7. The Morgan fingerprint density at radius 3 is 2.50 bits per heavy atom. The van der Waals surface area contributed by atoms with Crippen molar-refractivity contribution in [3.8, 4) is 11.5 Å². The van der Waals surface area contributed by atoms with Crippen molar-refractivity contribution in [2.24, 2.45) is 5.92 Å². The lowest BCUT2D eigenvalue weighted by molar-refractivity contribution is -0.145. The Kier molecular flexibility index (Phi) is 8.94. The van der Waals surface area contributed by atoms with Gasteiger partial charge in [0.15, 0.2) is 12.6 Å². The summed E-state index contributed by atoms with van der Waals surface area (Å²) in [6.07, 6.45) is 10.5. The second kappa shape index (κ2) is 11.7. The first kappa shape index (κ1) is 26.0. The minimum absolute atomic E-state index is 0.0122. The molecule has 0 aliphatic carbocycles. The molecular weight excluding hydrogens is 436 g/mol. The topological polar surface area (TPSA) is 72.5 Å². The predicted molar refractivity (Wildman–Crippen MR) is 130 cm³/mol. The highest BCUT2D eigenvalue weighted by atomic mass is 16.7. The van der Waals surface area contributed by atoms with Crippen LogP contribution in [0.25, 0.3) is 6.08 Å². The van der Waals surface area contributed by atoms with E-state index in [2.05, 4.69) is 18.7 Å². The Morgan fingerprint density at radius 2 is 1.82 bits per heavy atom. The first-order valence-corrected chi connectivity index (χ1v) is 11.7. The summed E-state index contributed by atoms with van der Waals surface area (Å²) < 4.78 is 34.7. The van der Waals surface area contributed by atoms with Crippen molar-refractivity contribution >= 4 is 12.0 Å². The van der Waals surface area contributed by atoms with E-state index >= 15 is 0 Å². The quantitative estimate of drug-likeness (QED) is 0.316. The maximum absolute atomic E-state index is 13.3. The van der Waals surface area contributed by atoms with Gasteiger partial charge >= 0.3 is 5.97 Å². The van der Waals surface area contributed by atoms with Gasteiger partial charge in [-0.05, 0) is 45.2 Å². The third-order valence-corrected chi connectivity index (χ3v) is 5.80. The van der Waals surface area contributed by atoms with Gasteiger partial charge in [-0.2, -0.15) is 0 Å². The van der Waals surface area contributed by atoms with Crippen molar-refractivity contribution in [2.75, 3.05) is 20.5 Å². The maximum Gasteiger partial charge on any atom is 0.342 e. The summed E-state index contributed by atoms with van der Waals surface area (Å²) in [5.41, 5.74) is 0.944. The van der Waals surface area contributed by atoms with E-state index in [1.807, 2.05) is 39.8 Å². The molecule has 0 saturated carbocycles. The zero-order valence-corrected chi connectivity index (χ0v) is 20.7. The molecule has 3 rings (SSSR count). The minimum Gasteiger partial charge on any atom is -0.489 e. The molecule has 0 aromatic heterocycles. The van der Waals surface area contributed by atoms with Gasteiger partial charge in [-0.25, -0.2) is 4.79 Å². The van der Waals surface area contributed by atoms with Crippen LogP contribution in [0.3, 0.4) is 0 Å². The van der Waals surface area contributed by atoms with Crippen LogP contribution in [0.15, 0.2) is 43.0 Å². The van der Waals surface area contributed by atoms with Crippen molar-refractivity contribution in [3.63, 3.8) is 0 Å². The monoisotopic (exact) mass is 472 g/mol. The second-order valence-electron chi connectivity index (χ2n) is 9.02. The summed E-state index contributed by atoms with van der Waals surface area (Å²) in [6, 6.07) is 3.46. The van der Waals surface area contributed by atoms with Crippen LogP contribution in [0.4, 0.5) is 0 Å². The molecule has 0 bridgehead atoms. The summed E-state index contributed by atoms with van der Waals surface area (Å²) in [5, 5.41) is 0. The van der Waals surface area contributed by atoms with E-state index in [0.29, 0.717) is 35.7 Å². The molecule has 2 heterocycles. The summed E-state index contributed by atoms with van der Waals surface area (Å²) in [5.74, 6) is -0.223. The van der Waals surface area contributed by atoms with Crippen molar-refractivity contribution in [3.05, 3.63) is 54.1 Å². The van der Waals surface area contributed by atoms with Crippen LogP contribution in [-0.4, -0.2) is 50.6 Å². The third kappa shape index (κ3) is 6.72. The van der Waals surface area contributed by atoms with E-state index in [-0.39, 0.29) is 31.0 Å². The van der Waals surface area contributed by atoms with Crippen LogP contribution < -0.4 is 9.47 Å². The molecule has 1 aromatic carbocycles. The molecule has 34 heavy (non-hydrogen) atoms. The lowest BCUT2D eigenvalue weighted by atomic mass is 10.00. The molecule has 0 spiro atoms. The number of esters is 1. The SMILES string of the molecule is C=CCOc1cc2c(c(OCOC)c1)C(=O)O[C@@H](C)[C@H](C)/C=C\C[C@H]1OC(C)(C)O[C@H]1C/C=C/2. The fourth-order valence-corrected chi connectivity index (χ4v) is 3.99. The molecule has 7 heteroatoms. The van der Waals surface area contributed by atoms with Crippen molar-refractivity contribution in [1.82, 2.24) is 0 Å². The molecule has 186 valence electrons. The van der Waals surface area contributed by atoms with E-state index in [4.69, 9.17) is 28.4 Å². The lowest BCUT2D eigenvalue weighted by Crippen LogP contribution is -2.23. The normalized spacial score (nSPS) is 28.6. The zero-order chi connectivity index (χ0) is 24.7. The van der Waals surface area contributed by atoms with Crippen molar-refractivity contribution in [2.45, 2.75) is 64.6 Å². The van der Waals surface area contributed by atoms with Gasteiger partial charge in [-0.15, -0.1) is 0 Å². The zero-order valence-electron chi connectivity index (χ0n) is 20.7. The Bertz CT molecular complexity index is 918. The number of carbonyl (C=O) groups is 1. The minimum atomic E-state index is -0.645. The lowest BCUT2D eigenvalue weighted by Gasteiger charge is -2.21. The Morgan fingerprint density at radius 1 is 1.12 bits per heavy atom. The smallest absolute Gasteiger partial charge is 0.342 e. The number of carbonyl (C=O) groups excluding carboxylic acids is 1. The predicted octanol–water partition coefficient (Wildman–Crippen LogP) is 5.30. The largest absolute Gasteiger partial charge is 0.489 e. The summed E-state index contributed by atoms with van der Waals surface area (Å²) >= 11 is 0. The Balaban J connectivity index is 2.04. The number of hydrogen-bond donors (Lipinski definition) is 0. The molecule has 1 saturated heterocycles. The average Bonchev–Trinajstić information content (AvgIpc) is 3.08. The molecule has 2 aliphatic heterocycles. The van der Waals surface area contributed by atoms with Gasteiger partial charge < -0.3 is 28.4 Å². The molecule has 0 radical (unpaired) electrons. The second-order valence-corrected chi connectivity index (χ2v) is 9.02. The summed E-state index contributed by atoms with van der Waals surface area (Å²) in [7, 11) is 1.52. The van der Waals surface area contributed by atoms with Gasteiger partial charge in [-0.3, -0.25) is 0 Å². The molecule has 1 aromatic rings. The number of ether oxygens (including phenoxy) is 6. The van der Waals surface area contributed by atoms with Gasteiger partial charge in [0, 0.05) is 19.1 Å². The Labute approximate surface area is 202 Å². The number of methoxy groups -OCH3 is 1. The fraction of sp³-hybridized carbons (Fsp3) is 0.519. The Hall–Kier alpha value is -2.61. The molecular formula is C27H36O7. The molecule has 7 nitrogen and oxygen atoms in total. The highest BCUT2D eigenvalue weighted by molar-refractivity contribution is 5.97. The summed E-state index contributed by atoms with van der Waals surface area (Å²) in [4.78, 5) is 13.3. The van der Waals surface area contributed by atoms with Crippen LogP contribution in [0.2, 0.25) is 0 Å². The van der Waals surface area contributed by atoms with Gasteiger partial charge in [0.2, 0.25) is 0 Å². The van der Waals surface area contributed by atoms with Gasteiger partial charge in [0.25, 0.3) is 0 Å². The van der Waals surface area contributed by atoms with Crippen molar-refractivity contribution < 1.29 is 33.2 Å². The first-order chi connectivity index (χ1) is 16.2.